The first-order valence-corrected chi connectivity index (χ1v) is 7.10. The van der Waals surface area contributed by atoms with E-state index in [4.69, 9.17) is 5.73 Å². The van der Waals surface area contributed by atoms with Crippen LogP contribution in [-0.2, 0) is 18.3 Å². The maximum atomic E-state index is 11.0. The van der Waals surface area contributed by atoms with E-state index in [1.54, 1.807) is 4.90 Å². The van der Waals surface area contributed by atoms with Gasteiger partial charge in [0, 0.05) is 31.0 Å². The van der Waals surface area contributed by atoms with Gasteiger partial charge < -0.3 is 15.2 Å². The number of aryl methyl sites for hydroxylation is 1. The number of amides is 1. The van der Waals surface area contributed by atoms with E-state index in [0.717, 1.165) is 47.2 Å². The first-order chi connectivity index (χ1) is 10.7. The van der Waals surface area contributed by atoms with Crippen LogP contribution >= 0.6 is 0 Å². The fourth-order valence-corrected chi connectivity index (χ4v) is 3.16. The number of rotatable bonds is 2. The Bertz CT molecular complexity index is 899. The molecular weight excluding hydrogens is 278 g/mol. The van der Waals surface area contributed by atoms with Crippen molar-refractivity contribution in [2.24, 2.45) is 7.05 Å². The minimum absolute atomic E-state index is 0.482. The average Bonchev–Trinajstić information content (AvgIpc) is 3.09. The lowest BCUT2D eigenvalue weighted by atomic mass is 10.0. The maximum Gasteiger partial charge on any atom is 0.214 e. The van der Waals surface area contributed by atoms with Crippen molar-refractivity contribution >= 4 is 28.9 Å². The Morgan fingerprint density at radius 1 is 1.32 bits per heavy atom. The van der Waals surface area contributed by atoms with Crippen LogP contribution < -0.4 is 10.6 Å². The van der Waals surface area contributed by atoms with Crippen LogP contribution in [0.5, 0.6) is 0 Å². The van der Waals surface area contributed by atoms with Crippen molar-refractivity contribution in [2.45, 2.75) is 6.42 Å². The lowest BCUT2D eigenvalue weighted by molar-refractivity contribution is -0.107. The van der Waals surface area contributed by atoms with E-state index < -0.39 is 0 Å². The van der Waals surface area contributed by atoms with E-state index in [0.29, 0.717) is 5.82 Å². The molecule has 1 amide bonds. The normalized spacial score (nSPS) is 13.6. The van der Waals surface area contributed by atoms with Crippen LogP contribution in [0.1, 0.15) is 5.56 Å². The number of carbonyl (C=O) groups is 1. The highest BCUT2D eigenvalue weighted by atomic mass is 16.1. The lowest BCUT2D eigenvalue weighted by Crippen LogP contribution is -2.17. The van der Waals surface area contributed by atoms with Gasteiger partial charge in [-0.3, -0.25) is 4.79 Å². The van der Waals surface area contributed by atoms with Crippen LogP contribution in [0.15, 0.2) is 30.7 Å². The Labute approximate surface area is 127 Å². The SMILES string of the molecule is Cn1cc(-c2ccc3c(c2)CCN3C=O)c2c(N)ncnc21. The molecule has 0 fully saturated rings. The molecule has 6 heteroatoms. The summed E-state index contributed by atoms with van der Waals surface area (Å²) in [5, 5.41) is 0.871. The van der Waals surface area contributed by atoms with E-state index in [9.17, 15) is 4.79 Å². The molecule has 0 saturated carbocycles. The molecule has 4 rings (SSSR count). The number of nitrogens with zero attached hydrogens (tertiary/aromatic N) is 4. The molecule has 2 N–H and O–H groups in total. The zero-order valence-electron chi connectivity index (χ0n) is 12.2. The topological polar surface area (TPSA) is 77.0 Å². The summed E-state index contributed by atoms with van der Waals surface area (Å²) in [5.41, 5.74) is 11.1. The van der Waals surface area contributed by atoms with Crippen molar-refractivity contribution in [1.29, 1.82) is 0 Å². The molecule has 3 aromatic rings. The summed E-state index contributed by atoms with van der Waals surface area (Å²) in [6.45, 7) is 0.739. The Hall–Kier alpha value is -2.89. The highest BCUT2D eigenvalue weighted by Crippen LogP contribution is 2.36. The fourth-order valence-electron chi connectivity index (χ4n) is 3.16. The Morgan fingerprint density at radius 2 is 2.18 bits per heavy atom. The van der Waals surface area contributed by atoms with Crippen LogP contribution in [0.25, 0.3) is 22.2 Å². The van der Waals surface area contributed by atoms with Crippen molar-refractivity contribution in [2.75, 3.05) is 17.2 Å². The minimum atomic E-state index is 0.482. The molecule has 0 atom stereocenters. The second kappa shape index (κ2) is 4.56. The predicted octanol–water partition coefficient (Wildman–Crippen LogP) is 1.74. The summed E-state index contributed by atoms with van der Waals surface area (Å²) in [4.78, 5) is 21.2. The van der Waals surface area contributed by atoms with Gasteiger partial charge in [-0.1, -0.05) is 6.07 Å². The van der Waals surface area contributed by atoms with Crippen LogP contribution in [-0.4, -0.2) is 27.5 Å². The molecule has 2 aromatic heterocycles. The van der Waals surface area contributed by atoms with Gasteiger partial charge in [0.1, 0.15) is 17.8 Å². The van der Waals surface area contributed by atoms with Gasteiger partial charge in [-0.15, -0.1) is 0 Å². The monoisotopic (exact) mass is 293 g/mol. The van der Waals surface area contributed by atoms with Crippen LogP contribution in [0.3, 0.4) is 0 Å². The molecule has 0 radical (unpaired) electrons. The quantitative estimate of drug-likeness (QED) is 0.730. The van der Waals surface area contributed by atoms with E-state index in [2.05, 4.69) is 16.0 Å². The molecule has 0 unspecified atom stereocenters. The highest BCUT2D eigenvalue weighted by molar-refractivity contribution is 6.01. The molecular formula is C16H15N5O. The third-order valence-electron chi connectivity index (χ3n) is 4.23. The minimum Gasteiger partial charge on any atom is -0.383 e. The zero-order chi connectivity index (χ0) is 15.3. The Kier molecular flexibility index (Phi) is 2.66. The summed E-state index contributed by atoms with van der Waals surface area (Å²) < 4.78 is 1.95. The number of nitrogens with two attached hydrogens (primary N) is 1. The number of aromatic nitrogens is 3. The molecule has 110 valence electrons. The van der Waals surface area contributed by atoms with Crippen LogP contribution in [0.4, 0.5) is 11.5 Å². The fraction of sp³-hybridized carbons (Fsp3) is 0.188. The number of nitrogen functional groups attached to an aromatic ring is 1. The maximum absolute atomic E-state index is 11.0. The van der Waals surface area contributed by atoms with Crippen molar-refractivity contribution in [3.8, 4) is 11.1 Å². The number of anilines is 2. The van der Waals surface area contributed by atoms with Gasteiger partial charge in [0.2, 0.25) is 6.41 Å². The first-order valence-electron chi connectivity index (χ1n) is 7.10. The molecule has 22 heavy (non-hydrogen) atoms. The van der Waals surface area contributed by atoms with Crippen LogP contribution in [0.2, 0.25) is 0 Å². The van der Waals surface area contributed by atoms with Crippen LogP contribution in [0, 0.1) is 0 Å². The smallest absolute Gasteiger partial charge is 0.214 e. The van der Waals surface area contributed by atoms with E-state index in [1.807, 2.05) is 29.9 Å². The summed E-state index contributed by atoms with van der Waals surface area (Å²) in [5.74, 6) is 0.482. The van der Waals surface area contributed by atoms with Gasteiger partial charge in [-0.05, 0) is 29.7 Å². The van der Waals surface area contributed by atoms with Crippen molar-refractivity contribution < 1.29 is 4.79 Å². The zero-order valence-corrected chi connectivity index (χ0v) is 12.2. The number of hydrogen-bond acceptors (Lipinski definition) is 4. The molecule has 0 aliphatic carbocycles. The van der Waals surface area contributed by atoms with Crippen molar-refractivity contribution in [3.05, 3.63) is 36.3 Å². The number of fused-ring (bicyclic) bond motifs is 2. The number of benzene rings is 1. The molecule has 0 bridgehead atoms. The predicted molar refractivity (Wildman–Crippen MR) is 85.5 cm³/mol. The highest BCUT2D eigenvalue weighted by Gasteiger charge is 2.20. The number of hydrogen-bond donors (Lipinski definition) is 1. The van der Waals surface area contributed by atoms with Gasteiger partial charge in [-0.25, -0.2) is 9.97 Å². The van der Waals surface area contributed by atoms with E-state index in [-0.39, 0.29) is 0 Å². The van der Waals surface area contributed by atoms with Gasteiger partial charge in [0.25, 0.3) is 0 Å². The van der Waals surface area contributed by atoms with Crippen molar-refractivity contribution in [3.63, 3.8) is 0 Å². The summed E-state index contributed by atoms with van der Waals surface area (Å²) in [6.07, 6.45) is 5.25. The largest absolute Gasteiger partial charge is 0.383 e. The average molecular weight is 293 g/mol. The molecule has 0 spiro atoms. The van der Waals surface area contributed by atoms with Crippen molar-refractivity contribution in [1.82, 2.24) is 14.5 Å². The molecule has 1 aliphatic rings. The second-order valence-corrected chi connectivity index (χ2v) is 5.50. The standard InChI is InChI=1S/C16H15N5O/c1-20-7-12(14-15(17)18-8-19-16(14)20)10-2-3-13-11(6-10)4-5-21(13)9-22/h2-3,6-9H,4-5H2,1H3,(H2,17,18,19). The molecule has 0 saturated heterocycles. The Morgan fingerprint density at radius 3 is 3.00 bits per heavy atom. The van der Waals surface area contributed by atoms with E-state index in [1.165, 1.54) is 11.9 Å². The second-order valence-electron chi connectivity index (χ2n) is 5.50. The molecule has 1 aromatic carbocycles. The number of carbonyl (C=O) groups excluding carboxylic acids is 1. The first kappa shape index (κ1) is 12.8. The third kappa shape index (κ3) is 1.70. The van der Waals surface area contributed by atoms with Gasteiger partial charge in [0.05, 0.1) is 5.39 Å². The third-order valence-corrected chi connectivity index (χ3v) is 4.23. The Balaban J connectivity index is 1.92. The molecule has 6 nitrogen and oxygen atoms in total. The summed E-state index contributed by atoms with van der Waals surface area (Å²) in [6, 6.07) is 6.13. The van der Waals surface area contributed by atoms with Gasteiger partial charge in [0.15, 0.2) is 0 Å². The van der Waals surface area contributed by atoms with E-state index >= 15 is 0 Å². The summed E-state index contributed by atoms with van der Waals surface area (Å²) in [7, 11) is 1.94. The van der Waals surface area contributed by atoms with Gasteiger partial charge in [-0.2, -0.15) is 0 Å². The molecule has 3 heterocycles. The lowest BCUT2D eigenvalue weighted by Gasteiger charge is -2.10. The van der Waals surface area contributed by atoms with Gasteiger partial charge >= 0.3 is 0 Å². The summed E-state index contributed by atoms with van der Waals surface area (Å²) >= 11 is 0. The molecule has 1 aliphatic heterocycles.